The molecule has 0 saturated carbocycles. The smallest absolute Gasteiger partial charge is 0.264 e. The number of rotatable bonds is 5. The first-order valence-corrected chi connectivity index (χ1v) is 10.1. The van der Waals surface area contributed by atoms with Crippen LogP contribution in [0.2, 0.25) is 5.02 Å². The van der Waals surface area contributed by atoms with Gasteiger partial charge in [0.2, 0.25) is 0 Å². The summed E-state index contributed by atoms with van der Waals surface area (Å²) in [4.78, 5) is 31.6. The Morgan fingerprint density at radius 3 is 2.59 bits per heavy atom. The van der Waals surface area contributed by atoms with E-state index in [-0.39, 0.29) is 18.7 Å². The molecule has 0 fully saturated rings. The zero-order valence-corrected chi connectivity index (χ0v) is 17.5. The number of anilines is 1. The van der Waals surface area contributed by atoms with Crippen LogP contribution in [0.1, 0.15) is 28.0 Å². The predicted molar refractivity (Wildman–Crippen MR) is 114 cm³/mol. The van der Waals surface area contributed by atoms with Crippen molar-refractivity contribution in [2.45, 2.75) is 18.6 Å². The van der Waals surface area contributed by atoms with Crippen LogP contribution in [0.15, 0.2) is 71.3 Å². The van der Waals surface area contributed by atoms with Crippen molar-refractivity contribution in [3.05, 3.63) is 93.2 Å². The van der Waals surface area contributed by atoms with Crippen LogP contribution < -0.4 is 4.90 Å². The van der Waals surface area contributed by atoms with Gasteiger partial charge in [0.25, 0.3) is 5.91 Å². The molecule has 1 atom stereocenters. The molecular formula is C22H16BrClN2O3. The lowest BCUT2D eigenvalue weighted by Crippen LogP contribution is -2.41. The van der Waals surface area contributed by atoms with Gasteiger partial charge >= 0.3 is 0 Å². The summed E-state index contributed by atoms with van der Waals surface area (Å²) in [6.07, 6.45) is 1.12. The average molecular weight is 472 g/mol. The summed E-state index contributed by atoms with van der Waals surface area (Å²) in [5, 5.41) is 12.0. The lowest BCUT2D eigenvalue weighted by Gasteiger charge is -2.22. The van der Waals surface area contributed by atoms with Gasteiger partial charge < -0.3 is 10.0 Å². The Morgan fingerprint density at radius 2 is 1.90 bits per heavy atom. The second kappa shape index (κ2) is 7.71. The molecule has 146 valence electrons. The Kier molecular flexibility index (Phi) is 5.25. The molecule has 4 rings (SSSR count). The van der Waals surface area contributed by atoms with Crippen LogP contribution >= 0.6 is 27.5 Å². The highest BCUT2D eigenvalue weighted by Crippen LogP contribution is 2.44. The second-order valence-electron chi connectivity index (χ2n) is 6.85. The molecular weight excluding hydrogens is 456 g/mol. The van der Waals surface area contributed by atoms with Crippen LogP contribution in [0, 0.1) is 0 Å². The maximum atomic E-state index is 13.3. The number of Topliss-reactive ketones (excluding diaryl/α,β-unsaturated/α-hetero) is 1. The summed E-state index contributed by atoms with van der Waals surface area (Å²) in [6, 6.07) is 17.3. The van der Waals surface area contributed by atoms with Gasteiger partial charge in [-0.25, -0.2) is 0 Å². The fourth-order valence-corrected chi connectivity index (χ4v) is 3.96. The van der Waals surface area contributed by atoms with Gasteiger partial charge in [0.05, 0.1) is 18.7 Å². The van der Waals surface area contributed by atoms with Crippen molar-refractivity contribution in [2.24, 2.45) is 0 Å². The van der Waals surface area contributed by atoms with Crippen LogP contribution in [0.25, 0.3) is 0 Å². The summed E-state index contributed by atoms with van der Waals surface area (Å²) in [5.74, 6) is -0.939. The Bertz CT molecular complexity index is 1090. The molecule has 3 aromatic rings. The number of aromatic nitrogens is 1. The van der Waals surface area contributed by atoms with E-state index >= 15 is 0 Å². The highest BCUT2D eigenvalue weighted by Gasteiger charge is 2.51. The number of carbonyl (C=O) groups is 2. The molecule has 0 aliphatic carbocycles. The van der Waals surface area contributed by atoms with Crippen LogP contribution in [-0.4, -0.2) is 21.8 Å². The van der Waals surface area contributed by atoms with E-state index in [1.54, 1.807) is 48.5 Å². The molecule has 2 aromatic carbocycles. The molecule has 7 heteroatoms. The molecule has 5 nitrogen and oxygen atoms in total. The lowest BCUT2D eigenvalue weighted by molar-refractivity contribution is -0.136. The van der Waals surface area contributed by atoms with E-state index in [0.29, 0.717) is 20.7 Å². The molecule has 2 heterocycles. The van der Waals surface area contributed by atoms with Crippen LogP contribution in [0.4, 0.5) is 5.69 Å². The first-order chi connectivity index (χ1) is 13.9. The van der Waals surface area contributed by atoms with Crippen LogP contribution in [0.5, 0.6) is 0 Å². The molecule has 1 amide bonds. The number of nitrogens with zero attached hydrogens (tertiary/aromatic N) is 2. The highest BCUT2D eigenvalue weighted by atomic mass is 79.9. The summed E-state index contributed by atoms with van der Waals surface area (Å²) in [6.45, 7) is 0.255. The number of benzene rings is 2. The van der Waals surface area contributed by atoms with E-state index in [4.69, 9.17) is 11.6 Å². The van der Waals surface area contributed by atoms with E-state index in [0.717, 1.165) is 5.56 Å². The van der Waals surface area contributed by atoms with E-state index in [1.165, 1.54) is 11.1 Å². The molecule has 1 aromatic heterocycles. The summed E-state index contributed by atoms with van der Waals surface area (Å²) in [5.41, 5.74) is 0.0816. The molecule has 1 aliphatic rings. The number of hydrogen-bond acceptors (Lipinski definition) is 4. The first-order valence-electron chi connectivity index (χ1n) is 8.91. The normalized spacial score (nSPS) is 18.0. The van der Waals surface area contributed by atoms with Crippen LogP contribution in [-0.2, 0) is 16.9 Å². The number of halogens is 2. The molecule has 29 heavy (non-hydrogen) atoms. The van der Waals surface area contributed by atoms with Gasteiger partial charge in [-0.3, -0.25) is 14.6 Å². The summed E-state index contributed by atoms with van der Waals surface area (Å²) in [7, 11) is 0. The van der Waals surface area contributed by atoms with E-state index in [1.807, 2.05) is 12.1 Å². The Balaban J connectivity index is 1.71. The minimum Gasteiger partial charge on any atom is -0.375 e. The molecule has 0 bridgehead atoms. The molecule has 0 spiro atoms. The van der Waals surface area contributed by atoms with E-state index < -0.39 is 17.3 Å². The number of amides is 1. The fraction of sp³-hybridized carbons (Fsp3) is 0.136. The van der Waals surface area contributed by atoms with E-state index in [9.17, 15) is 14.7 Å². The van der Waals surface area contributed by atoms with Crippen molar-refractivity contribution >= 4 is 44.9 Å². The van der Waals surface area contributed by atoms with Crippen LogP contribution in [0.3, 0.4) is 0 Å². The van der Waals surface area contributed by atoms with Crippen molar-refractivity contribution in [3.8, 4) is 0 Å². The molecule has 0 unspecified atom stereocenters. The quantitative estimate of drug-likeness (QED) is 0.556. The summed E-state index contributed by atoms with van der Waals surface area (Å²) < 4.78 is 0.709. The minimum atomic E-state index is -1.96. The minimum absolute atomic E-state index is 0.210. The Labute approximate surface area is 181 Å². The van der Waals surface area contributed by atoms with Gasteiger partial charge in [-0.05, 0) is 48.0 Å². The lowest BCUT2D eigenvalue weighted by atomic mass is 9.89. The Morgan fingerprint density at radius 1 is 1.14 bits per heavy atom. The monoisotopic (exact) mass is 470 g/mol. The van der Waals surface area contributed by atoms with Gasteiger partial charge in [-0.2, -0.15) is 0 Å². The van der Waals surface area contributed by atoms with Gasteiger partial charge in [0, 0.05) is 21.3 Å². The van der Waals surface area contributed by atoms with Crippen molar-refractivity contribution in [1.82, 2.24) is 4.98 Å². The zero-order valence-electron chi connectivity index (χ0n) is 15.2. The maximum absolute atomic E-state index is 13.3. The predicted octanol–water partition coefficient (Wildman–Crippen LogP) is 4.50. The van der Waals surface area contributed by atoms with Crippen molar-refractivity contribution in [1.29, 1.82) is 0 Å². The molecule has 0 saturated heterocycles. The van der Waals surface area contributed by atoms with E-state index in [2.05, 4.69) is 20.9 Å². The Hall–Kier alpha value is -2.54. The maximum Gasteiger partial charge on any atom is 0.264 e. The zero-order chi connectivity index (χ0) is 20.6. The average Bonchev–Trinajstić information content (AvgIpc) is 2.92. The van der Waals surface area contributed by atoms with Crippen molar-refractivity contribution in [3.63, 3.8) is 0 Å². The number of pyridine rings is 1. The number of carbonyl (C=O) groups excluding carboxylic acids is 2. The van der Waals surface area contributed by atoms with Gasteiger partial charge in [0.15, 0.2) is 11.4 Å². The number of ketones is 1. The highest BCUT2D eigenvalue weighted by molar-refractivity contribution is 9.10. The molecule has 1 aliphatic heterocycles. The molecule has 0 radical (unpaired) electrons. The van der Waals surface area contributed by atoms with Gasteiger partial charge in [-0.1, -0.05) is 45.7 Å². The van der Waals surface area contributed by atoms with Gasteiger partial charge in [-0.15, -0.1) is 0 Å². The first kappa shape index (κ1) is 19.8. The largest absolute Gasteiger partial charge is 0.375 e. The molecule has 1 N–H and O–H groups in total. The number of hydrogen-bond donors (Lipinski definition) is 1. The van der Waals surface area contributed by atoms with Gasteiger partial charge in [0.1, 0.15) is 5.69 Å². The topological polar surface area (TPSA) is 70.5 Å². The fourth-order valence-electron chi connectivity index (χ4n) is 3.47. The standard InChI is InChI=1S/C22H16BrClN2O3/c23-15-6-9-19-17(11-15)22(29,12-20(27)18-3-1-2-10-25-18)21(28)26(19)13-14-4-7-16(24)8-5-14/h1-11,29H,12-13H2/t22-/m0/s1. The number of aliphatic hydroxyl groups is 1. The van der Waals surface area contributed by atoms with Crippen molar-refractivity contribution in [2.75, 3.05) is 4.90 Å². The third-order valence-corrected chi connectivity index (χ3v) is 5.66. The second-order valence-corrected chi connectivity index (χ2v) is 8.21. The van der Waals surface area contributed by atoms with Crippen molar-refractivity contribution < 1.29 is 14.7 Å². The third-order valence-electron chi connectivity index (χ3n) is 4.91. The third kappa shape index (κ3) is 3.71. The number of fused-ring (bicyclic) bond motifs is 1. The SMILES string of the molecule is O=C(C[C@@]1(O)C(=O)N(Cc2ccc(Cl)cc2)c2ccc(Br)cc21)c1ccccn1. The summed E-state index contributed by atoms with van der Waals surface area (Å²) >= 11 is 9.34.